The van der Waals surface area contributed by atoms with Gasteiger partial charge in [-0.05, 0) is 54.8 Å². The number of hydrogen-bond donors (Lipinski definition) is 3. The van der Waals surface area contributed by atoms with Crippen LogP contribution in [0, 0.1) is 0 Å². The summed E-state index contributed by atoms with van der Waals surface area (Å²) < 4.78 is 34.6. The van der Waals surface area contributed by atoms with E-state index in [-0.39, 0.29) is 28.7 Å². The van der Waals surface area contributed by atoms with Gasteiger partial charge in [0.1, 0.15) is 5.75 Å². The molecule has 0 bridgehead atoms. The molecule has 1 aromatic heterocycles. The van der Waals surface area contributed by atoms with Crippen LogP contribution in [-0.2, 0) is 21.2 Å². The number of ketones is 1. The third-order valence-electron chi connectivity index (χ3n) is 6.15. The van der Waals surface area contributed by atoms with Crippen LogP contribution in [0.15, 0.2) is 71.6 Å². The van der Waals surface area contributed by atoms with Crippen LogP contribution in [0.2, 0.25) is 5.02 Å². The normalized spacial score (nSPS) is 14.2. The SMILES string of the molecule is COc1ccc(Cl)c(Nc2nc3ccccc3nc2NS(=O)(=O)c2cccc(CC(=O)C3(N)CC3)c2)c1. The molecule has 3 aromatic carbocycles. The number of nitrogens with one attached hydrogen (secondary N) is 2. The molecular weight excluding hydrogens is 514 g/mol. The standard InChI is InChI=1S/C26H24ClN5O4S/c1-36-17-9-10-19(27)22(15-17)31-24-25(30-21-8-3-2-7-20(21)29-24)32-37(34,35)18-6-4-5-16(13-18)14-23(33)26(28)11-12-26/h2-10,13,15H,11-12,14,28H2,1H3,(H,29,31)(H,30,32). The summed E-state index contributed by atoms with van der Waals surface area (Å²) in [6, 6.07) is 18.3. The molecule has 190 valence electrons. The molecule has 5 rings (SSSR count). The minimum atomic E-state index is -4.09. The molecule has 1 heterocycles. The van der Waals surface area contributed by atoms with Crippen molar-refractivity contribution in [3.05, 3.63) is 77.3 Å². The number of halogens is 1. The number of benzene rings is 3. The Morgan fingerprint density at radius 3 is 2.41 bits per heavy atom. The Hall–Kier alpha value is -3.73. The molecule has 9 nitrogen and oxygen atoms in total. The monoisotopic (exact) mass is 537 g/mol. The second kappa shape index (κ2) is 9.62. The van der Waals surface area contributed by atoms with Crippen molar-refractivity contribution in [3.8, 4) is 5.75 Å². The van der Waals surface area contributed by atoms with Gasteiger partial charge in [0.05, 0.1) is 39.3 Å². The van der Waals surface area contributed by atoms with Crippen molar-refractivity contribution in [2.75, 3.05) is 17.1 Å². The van der Waals surface area contributed by atoms with E-state index in [2.05, 4.69) is 20.0 Å². The van der Waals surface area contributed by atoms with Crippen molar-refractivity contribution in [2.45, 2.75) is 29.7 Å². The van der Waals surface area contributed by atoms with Gasteiger partial charge in [0.2, 0.25) is 0 Å². The molecule has 0 atom stereocenters. The molecule has 1 aliphatic rings. The Kier molecular flexibility index (Phi) is 6.49. The van der Waals surface area contributed by atoms with Crippen LogP contribution in [0.3, 0.4) is 0 Å². The Labute approximate surface area is 219 Å². The Bertz CT molecular complexity index is 1620. The topological polar surface area (TPSA) is 136 Å². The maximum atomic E-state index is 13.4. The predicted molar refractivity (Wildman–Crippen MR) is 143 cm³/mol. The fourth-order valence-corrected chi connectivity index (χ4v) is 5.04. The Balaban J connectivity index is 1.49. The number of methoxy groups -OCH3 is 1. The van der Waals surface area contributed by atoms with E-state index < -0.39 is 15.6 Å². The molecule has 4 N–H and O–H groups in total. The molecule has 0 saturated heterocycles. The largest absolute Gasteiger partial charge is 0.497 e. The van der Waals surface area contributed by atoms with Gasteiger partial charge in [0.15, 0.2) is 17.4 Å². The highest BCUT2D eigenvalue weighted by atomic mass is 35.5. The first kappa shape index (κ1) is 24.9. The predicted octanol–water partition coefficient (Wildman–Crippen LogP) is 4.44. The number of nitrogens with zero attached hydrogens (tertiary/aromatic N) is 2. The van der Waals surface area contributed by atoms with Crippen molar-refractivity contribution in [1.82, 2.24) is 9.97 Å². The third-order valence-corrected chi connectivity index (χ3v) is 7.81. The minimum Gasteiger partial charge on any atom is -0.497 e. The molecule has 0 spiro atoms. The summed E-state index contributed by atoms with van der Waals surface area (Å²) in [5.74, 6) is 0.595. The number of carbonyl (C=O) groups excluding carboxylic acids is 1. The molecule has 1 aliphatic carbocycles. The van der Waals surface area contributed by atoms with Crippen molar-refractivity contribution in [1.29, 1.82) is 0 Å². The van der Waals surface area contributed by atoms with Crippen LogP contribution in [-0.4, -0.2) is 36.8 Å². The molecule has 0 unspecified atom stereocenters. The third kappa shape index (κ3) is 5.36. The number of Topliss-reactive ketones (excluding diaryl/α,β-unsaturated/α-hetero) is 1. The van der Waals surface area contributed by atoms with Gasteiger partial charge < -0.3 is 15.8 Å². The average Bonchev–Trinajstić information content (AvgIpc) is 3.64. The molecule has 1 fully saturated rings. The van der Waals surface area contributed by atoms with Crippen LogP contribution >= 0.6 is 11.6 Å². The van der Waals surface area contributed by atoms with Gasteiger partial charge in [0.25, 0.3) is 10.0 Å². The number of fused-ring (bicyclic) bond motifs is 1. The first-order valence-corrected chi connectivity index (χ1v) is 13.3. The van der Waals surface area contributed by atoms with Crippen LogP contribution in [0.25, 0.3) is 11.0 Å². The van der Waals surface area contributed by atoms with Gasteiger partial charge >= 0.3 is 0 Å². The molecule has 37 heavy (non-hydrogen) atoms. The van der Waals surface area contributed by atoms with Gasteiger partial charge in [-0.25, -0.2) is 18.4 Å². The lowest BCUT2D eigenvalue weighted by Crippen LogP contribution is -2.34. The zero-order valence-electron chi connectivity index (χ0n) is 19.9. The van der Waals surface area contributed by atoms with E-state index in [0.717, 1.165) is 0 Å². The highest BCUT2D eigenvalue weighted by molar-refractivity contribution is 7.92. The van der Waals surface area contributed by atoms with Gasteiger partial charge in [-0.1, -0.05) is 35.9 Å². The van der Waals surface area contributed by atoms with Crippen molar-refractivity contribution in [2.24, 2.45) is 5.73 Å². The lowest BCUT2D eigenvalue weighted by molar-refractivity contribution is -0.120. The molecule has 0 aliphatic heterocycles. The van der Waals surface area contributed by atoms with Crippen LogP contribution in [0.5, 0.6) is 5.75 Å². The summed E-state index contributed by atoms with van der Waals surface area (Å²) in [5.41, 5.74) is 7.30. The number of carbonyl (C=O) groups is 1. The summed E-state index contributed by atoms with van der Waals surface area (Å²) >= 11 is 6.36. The van der Waals surface area contributed by atoms with Crippen LogP contribution in [0.4, 0.5) is 17.3 Å². The first-order chi connectivity index (χ1) is 17.7. The lowest BCUT2D eigenvalue weighted by Gasteiger charge is -2.15. The van der Waals surface area contributed by atoms with E-state index >= 15 is 0 Å². The number of aromatic nitrogens is 2. The van der Waals surface area contributed by atoms with E-state index in [4.69, 9.17) is 22.1 Å². The smallest absolute Gasteiger partial charge is 0.263 e. The van der Waals surface area contributed by atoms with E-state index in [0.29, 0.717) is 45.9 Å². The van der Waals surface area contributed by atoms with E-state index in [1.54, 1.807) is 48.5 Å². The summed E-state index contributed by atoms with van der Waals surface area (Å²) in [7, 11) is -2.56. The van der Waals surface area contributed by atoms with E-state index in [1.807, 2.05) is 6.07 Å². The minimum absolute atomic E-state index is 0.0139. The average molecular weight is 538 g/mol. The van der Waals surface area contributed by atoms with E-state index in [9.17, 15) is 13.2 Å². The molecule has 11 heteroatoms. The van der Waals surface area contributed by atoms with Crippen molar-refractivity contribution >= 4 is 55.8 Å². The second-order valence-corrected chi connectivity index (χ2v) is 11.0. The maximum Gasteiger partial charge on any atom is 0.263 e. The highest BCUT2D eigenvalue weighted by Gasteiger charge is 2.45. The molecular formula is C26H24ClN5O4S. The van der Waals surface area contributed by atoms with Gasteiger partial charge in [0, 0.05) is 12.5 Å². The van der Waals surface area contributed by atoms with Gasteiger partial charge in [-0.3, -0.25) is 9.52 Å². The summed E-state index contributed by atoms with van der Waals surface area (Å²) in [4.78, 5) is 21.5. The number of hydrogen-bond acceptors (Lipinski definition) is 8. The molecule has 1 saturated carbocycles. The summed E-state index contributed by atoms with van der Waals surface area (Å²) in [6.07, 6.45) is 1.37. The number of rotatable bonds is 9. The second-order valence-electron chi connectivity index (χ2n) is 8.89. The first-order valence-electron chi connectivity index (χ1n) is 11.5. The molecule has 4 aromatic rings. The number of ether oxygens (including phenoxy) is 1. The maximum absolute atomic E-state index is 13.4. The fourth-order valence-electron chi connectivity index (χ4n) is 3.80. The molecule has 0 radical (unpaired) electrons. The zero-order valence-corrected chi connectivity index (χ0v) is 21.4. The summed E-state index contributed by atoms with van der Waals surface area (Å²) in [6.45, 7) is 0. The number of anilines is 3. The number of sulfonamides is 1. The number of nitrogens with two attached hydrogens (primary N) is 1. The lowest BCUT2D eigenvalue weighted by atomic mass is 10.0. The van der Waals surface area contributed by atoms with E-state index in [1.165, 1.54) is 19.2 Å². The van der Waals surface area contributed by atoms with Crippen molar-refractivity contribution < 1.29 is 17.9 Å². The highest BCUT2D eigenvalue weighted by Crippen LogP contribution is 2.35. The Morgan fingerprint density at radius 1 is 1.03 bits per heavy atom. The zero-order chi connectivity index (χ0) is 26.2. The Morgan fingerprint density at radius 2 is 1.73 bits per heavy atom. The van der Waals surface area contributed by atoms with Crippen LogP contribution in [0.1, 0.15) is 18.4 Å². The van der Waals surface area contributed by atoms with Crippen molar-refractivity contribution in [3.63, 3.8) is 0 Å². The van der Waals surface area contributed by atoms with Gasteiger partial charge in [-0.2, -0.15) is 0 Å². The summed E-state index contributed by atoms with van der Waals surface area (Å²) in [5, 5.41) is 3.46. The molecule has 0 amide bonds. The van der Waals surface area contributed by atoms with Crippen LogP contribution < -0.4 is 20.5 Å². The fraction of sp³-hybridized carbons (Fsp3) is 0.192. The van der Waals surface area contributed by atoms with Gasteiger partial charge in [-0.15, -0.1) is 0 Å². The number of para-hydroxylation sites is 2. The quantitative estimate of drug-likeness (QED) is 0.285.